The van der Waals surface area contributed by atoms with Crippen LogP contribution >= 0.6 is 0 Å². The van der Waals surface area contributed by atoms with Gasteiger partial charge < -0.3 is 10.2 Å². The van der Waals surface area contributed by atoms with Crippen molar-refractivity contribution in [3.05, 3.63) is 11.1 Å². The second kappa shape index (κ2) is 6.66. The van der Waals surface area contributed by atoms with Gasteiger partial charge in [-0.3, -0.25) is 0 Å². The summed E-state index contributed by atoms with van der Waals surface area (Å²) < 4.78 is 0. The first-order valence-corrected chi connectivity index (χ1v) is 13.7. The Kier molecular flexibility index (Phi) is 4.87. The summed E-state index contributed by atoms with van der Waals surface area (Å²) in [6, 6.07) is 0. The number of rotatable bonds is 0. The molecule has 3 saturated carbocycles. The second-order valence-electron chi connectivity index (χ2n) is 15.2. The summed E-state index contributed by atoms with van der Waals surface area (Å²) in [6.45, 7) is 19.7. The molecule has 32 heavy (non-hydrogen) atoms. The normalized spacial score (nSPS) is 54.2. The minimum Gasteiger partial charge on any atom is -0.393 e. The number of hydrogen-bond acceptors (Lipinski definition) is 2. The summed E-state index contributed by atoms with van der Waals surface area (Å²) in [7, 11) is 0. The SMILES string of the molecule is CC1(C)CC[C@]2(C)[C@H](O)C[C@]3(C)C4=C(CC[C@@]3(C)[C@@H]2C1)[C@@]1(C)CC[C@@H](O)C(C)(C)[C@H]1CC4. The molecule has 2 N–H and O–H groups in total. The van der Waals surface area contributed by atoms with Crippen molar-refractivity contribution < 1.29 is 10.2 Å². The van der Waals surface area contributed by atoms with Gasteiger partial charge in [0.05, 0.1) is 12.2 Å². The van der Waals surface area contributed by atoms with E-state index in [9.17, 15) is 10.2 Å². The average molecular weight is 443 g/mol. The van der Waals surface area contributed by atoms with Gasteiger partial charge in [-0.15, -0.1) is 0 Å². The maximum Gasteiger partial charge on any atom is 0.0605 e. The quantitative estimate of drug-likeness (QED) is 0.387. The molecule has 5 aliphatic carbocycles. The molecule has 0 saturated heterocycles. The highest BCUT2D eigenvalue weighted by atomic mass is 16.3. The number of aliphatic hydroxyl groups is 2. The predicted molar refractivity (Wildman–Crippen MR) is 132 cm³/mol. The van der Waals surface area contributed by atoms with E-state index < -0.39 is 0 Å². The molecular weight excluding hydrogens is 392 g/mol. The van der Waals surface area contributed by atoms with Crippen molar-refractivity contribution >= 4 is 0 Å². The predicted octanol–water partition coefficient (Wildman–Crippen LogP) is 7.28. The van der Waals surface area contributed by atoms with Gasteiger partial charge in [0.1, 0.15) is 0 Å². The minimum atomic E-state index is -0.191. The lowest BCUT2D eigenvalue weighted by Gasteiger charge is -2.70. The molecule has 3 fully saturated rings. The van der Waals surface area contributed by atoms with Crippen molar-refractivity contribution in [2.24, 2.45) is 44.3 Å². The number of hydrogen-bond donors (Lipinski definition) is 2. The second-order valence-corrected chi connectivity index (χ2v) is 15.2. The molecule has 5 aliphatic rings. The van der Waals surface area contributed by atoms with Crippen LogP contribution in [0, 0.1) is 44.3 Å². The smallest absolute Gasteiger partial charge is 0.0605 e. The molecule has 8 atom stereocenters. The van der Waals surface area contributed by atoms with Crippen LogP contribution in [0.5, 0.6) is 0 Å². The molecule has 182 valence electrons. The number of aliphatic hydroxyl groups excluding tert-OH is 2. The van der Waals surface area contributed by atoms with Crippen LogP contribution in [0.3, 0.4) is 0 Å². The zero-order chi connectivity index (χ0) is 23.5. The van der Waals surface area contributed by atoms with Crippen LogP contribution in [0.1, 0.15) is 120 Å². The van der Waals surface area contributed by atoms with Gasteiger partial charge in [0.15, 0.2) is 0 Å². The van der Waals surface area contributed by atoms with Gasteiger partial charge in [0, 0.05) is 0 Å². The van der Waals surface area contributed by atoms with E-state index in [4.69, 9.17) is 0 Å². The van der Waals surface area contributed by atoms with E-state index in [0.29, 0.717) is 17.3 Å². The fourth-order valence-corrected chi connectivity index (χ4v) is 10.5. The summed E-state index contributed by atoms with van der Waals surface area (Å²) in [6.07, 6.45) is 11.2. The van der Waals surface area contributed by atoms with Crippen LogP contribution in [-0.4, -0.2) is 22.4 Å². The zero-order valence-electron chi connectivity index (χ0n) is 22.3. The third-order valence-electron chi connectivity index (χ3n) is 13.0. The molecule has 0 amide bonds. The Morgan fingerprint density at radius 1 is 0.656 bits per heavy atom. The Bertz CT molecular complexity index is 838. The first-order chi connectivity index (χ1) is 14.6. The first-order valence-electron chi connectivity index (χ1n) is 13.7. The molecule has 2 nitrogen and oxygen atoms in total. The Morgan fingerprint density at radius 3 is 2.03 bits per heavy atom. The standard InChI is InChI=1S/C30H50O2/c1-25(2)15-16-28(6)22(17-25)29(7)14-11-19-20(30(29,8)18-24(28)32)9-10-21-26(3,4)23(31)12-13-27(19,21)5/h21-24,31-32H,9-18H2,1-8H3/t21-,22-,23-,24-,27-,28+,29+,30-/m1/s1. The van der Waals surface area contributed by atoms with Crippen molar-refractivity contribution in [2.45, 2.75) is 132 Å². The minimum absolute atomic E-state index is 0.00870. The third kappa shape index (κ3) is 2.72. The van der Waals surface area contributed by atoms with E-state index in [2.05, 4.69) is 55.4 Å². The van der Waals surface area contributed by atoms with Crippen LogP contribution in [0.4, 0.5) is 0 Å². The van der Waals surface area contributed by atoms with Crippen LogP contribution in [0.2, 0.25) is 0 Å². The molecule has 5 rings (SSSR count). The van der Waals surface area contributed by atoms with Gasteiger partial charge in [-0.05, 0) is 109 Å². The number of fused-ring (bicyclic) bond motifs is 6. The van der Waals surface area contributed by atoms with Gasteiger partial charge in [0.2, 0.25) is 0 Å². The highest BCUT2D eigenvalue weighted by Gasteiger charge is 2.68. The number of allylic oxidation sites excluding steroid dienone is 2. The molecular formula is C30H50O2. The molecule has 0 radical (unpaired) electrons. The van der Waals surface area contributed by atoms with Gasteiger partial charge in [-0.2, -0.15) is 0 Å². The lowest BCUT2D eigenvalue weighted by molar-refractivity contribution is -0.204. The highest BCUT2D eigenvalue weighted by Crippen LogP contribution is 2.75. The Hall–Kier alpha value is -0.340. The summed E-state index contributed by atoms with van der Waals surface area (Å²) in [5.41, 5.74) is 4.52. The zero-order valence-corrected chi connectivity index (χ0v) is 22.3. The van der Waals surface area contributed by atoms with Crippen LogP contribution in [0.25, 0.3) is 0 Å². The topological polar surface area (TPSA) is 40.5 Å². The molecule has 0 bridgehead atoms. The summed E-state index contributed by atoms with van der Waals surface area (Å²) in [4.78, 5) is 0. The van der Waals surface area contributed by atoms with Crippen molar-refractivity contribution in [3.63, 3.8) is 0 Å². The maximum atomic E-state index is 11.7. The maximum absolute atomic E-state index is 11.7. The molecule has 0 aliphatic heterocycles. The van der Waals surface area contributed by atoms with Crippen LogP contribution in [0.15, 0.2) is 11.1 Å². The monoisotopic (exact) mass is 442 g/mol. The van der Waals surface area contributed by atoms with Crippen LogP contribution in [-0.2, 0) is 0 Å². The molecule has 0 aromatic rings. The van der Waals surface area contributed by atoms with E-state index >= 15 is 0 Å². The van der Waals surface area contributed by atoms with Gasteiger partial charge >= 0.3 is 0 Å². The Morgan fingerprint density at radius 2 is 1.34 bits per heavy atom. The van der Waals surface area contributed by atoms with Crippen molar-refractivity contribution in [1.29, 1.82) is 0 Å². The first kappa shape index (κ1) is 23.4. The van der Waals surface area contributed by atoms with Gasteiger partial charge in [-0.25, -0.2) is 0 Å². The van der Waals surface area contributed by atoms with Crippen molar-refractivity contribution in [3.8, 4) is 0 Å². The highest BCUT2D eigenvalue weighted by molar-refractivity contribution is 5.39. The molecule has 0 spiro atoms. The van der Waals surface area contributed by atoms with E-state index in [1.54, 1.807) is 11.1 Å². The van der Waals surface area contributed by atoms with E-state index in [-0.39, 0.29) is 39.3 Å². The lowest BCUT2D eigenvalue weighted by atomic mass is 9.35. The van der Waals surface area contributed by atoms with E-state index in [1.807, 2.05) is 0 Å². The van der Waals surface area contributed by atoms with E-state index in [0.717, 1.165) is 19.3 Å². The van der Waals surface area contributed by atoms with E-state index in [1.165, 1.54) is 44.9 Å². The van der Waals surface area contributed by atoms with Gasteiger partial charge in [-0.1, -0.05) is 66.5 Å². The van der Waals surface area contributed by atoms with Crippen molar-refractivity contribution in [2.75, 3.05) is 0 Å². The average Bonchev–Trinajstić information content (AvgIpc) is 2.69. The molecule has 0 unspecified atom stereocenters. The molecule has 0 aromatic heterocycles. The fourth-order valence-electron chi connectivity index (χ4n) is 10.5. The molecule has 0 heterocycles. The molecule has 2 heteroatoms. The Balaban J connectivity index is 1.62. The lowest BCUT2D eigenvalue weighted by Crippen LogP contribution is -2.65. The fraction of sp³-hybridized carbons (Fsp3) is 0.933. The summed E-state index contributed by atoms with van der Waals surface area (Å²) >= 11 is 0. The summed E-state index contributed by atoms with van der Waals surface area (Å²) in [5, 5.41) is 22.6. The molecule has 0 aromatic carbocycles. The largest absolute Gasteiger partial charge is 0.393 e. The van der Waals surface area contributed by atoms with Crippen molar-refractivity contribution in [1.82, 2.24) is 0 Å². The summed E-state index contributed by atoms with van der Waals surface area (Å²) in [5.74, 6) is 1.16. The van der Waals surface area contributed by atoms with Gasteiger partial charge in [0.25, 0.3) is 0 Å². The Labute approximate surface area is 197 Å². The third-order valence-corrected chi connectivity index (χ3v) is 13.0. The van der Waals surface area contributed by atoms with Crippen LogP contribution < -0.4 is 0 Å².